The quantitative estimate of drug-likeness (QED) is 0.828. The molecule has 2 N–H and O–H groups in total. The molecule has 2 rings (SSSR count). The lowest BCUT2D eigenvalue weighted by molar-refractivity contribution is 0.144. The summed E-state index contributed by atoms with van der Waals surface area (Å²) in [5.74, 6) is -1.20. The normalized spacial score (nSPS) is 16.9. The van der Waals surface area contributed by atoms with Gasteiger partial charge in [0.15, 0.2) is 11.6 Å². The maximum atomic E-state index is 13.6. The van der Waals surface area contributed by atoms with Crippen LogP contribution < -0.4 is 5.32 Å². The van der Waals surface area contributed by atoms with Crippen molar-refractivity contribution < 1.29 is 13.9 Å². The minimum Gasteiger partial charge on any atom is -0.505 e. The van der Waals surface area contributed by atoms with Gasteiger partial charge in [0.05, 0.1) is 10.5 Å². The second kappa shape index (κ2) is 9.00. The number of piperazine rings is 1. The summed E-state index contributed by atoms with van der Waals surface area (Å²) >= 11 is 2.99. The molecule has 1 aromatic rings. The summed E-state index contributed by atoms with van der Waals surface area (Å²) in [7, 11) is 0. The molecule has 1 atom stereocenters. The standard InChI is InChI=1S/C12H15BrF2N2O.2ClH/c13-9-2-1-8(12(18)11(9)15)10(7-14)17-5-3-16-4-6-17;;/h1-2,10,16,18H,3-7H2;2*1H/t10-;;/m0../s1. The highest BCUT2D eigenvalue weighted by Crippen LogP contribution is 2.34. The molecule has 1 saturated heterocycles. The Balaban J connectivity index is 0.00000180. The Labute approximate surface area is 137 Å². The third kappa shape index (κ3) is 4.18. The summed E-state index contributed by atoms with van der Waals surface area (Å²) in [5.41, 5.74) is 0.306. The van der Waals surface area contributed by atoms with Crippen LogP contribution in [-0.4, -0.2) is 42.9 Å². The molecular weight excluding hydrogens is 377 g/mol. The first-order chi connectivity index (χ1) is 8.65. The number of halogens is 5. The molecule has 0 spiro atoms. The van der Waals surface area contributed by atoms with Gasteiger partial charge in [-0.25, -0.2) is 8.78 Å². The van der Waals surface area contributed by atoms with Crippen molar-refractivity contribution in [2.45, 2.75) is 6.04 Å². The Morgan fingerprint density at radius 2 is 1.90 bits per heavy atom. The number of benzene rings is 1. The van der Waals surface area contributed by atoms with E-state index in [1.165, 1.54) is 6.07 Å². The number of nitrogens with one attached hydrogen (secondary N) is 1. The minimum atomic E-state index is -0.735. The Morgan fingerprint density at radius 3 is 2.45 bits per heavy atom. The summed E-state index contributed by atoms with van der Waals surface area (Å²) in [5, 5.41) is 13.0. The molecule has 0 aromatic heterocycles. The zero-order valence-electron chi connectivity index (χ0n) is 10.6. The highest BCUT2D eigenvalue weighted by Gasteiger charge is 2.26. The van der Waals surface area contributed by atoms with Crippen molar-refractivity contribution in [2.75, 3.05) is 32.9 Å². The lowest BCUT2D eigenvalue weighted by Crippen LogP contribution is -2.45. The number of aromatic hydroxyl groups is 1. The van der Waals surface area contributed by atoms with E-state index in [1.807, 2.05) is 4.90 Å². The van der Waals surface area contributed by atoms with Crippen molar-refractivity contribution in [3.8, 4) is 5.75 Å². The maximum Gasteiger partial charge on any atom is 0.179 e. The predicted molar refractivity (Wildman–Crippen MR) is 83.4 cm³/mol. The number of hydrogen-bond donors (Lipinski definition) is 2. The van der Waals surface area contributed by atoms with Crippen LogP contribution in [0.5, 0.6) is 5.75 Å². The Bertz CT molecular complexity index is 434. The molecule has 20 heavy (non-hydrogen) atoms. The maximum absolute atomic E-state index is 13.6. The summed E-state index contributed by atoms with van der Waals surface area (Å²) in [6.07, 6.45) is 0. The van der Waals surface area contributed by atoms with E-state index in [2.05, 4.69) is 21.2 Å². The third-order valence-electron chi connectivity index (χ3n) is 3.20. The fourth-order valence-electron chi connectivity index (χ4n) is 2.19. The predicted octanol–water partition coefficient (Wildman–Crippen LogP) is 3.05. The zero-order chi connectivity index (χ0) is 13.1. The number of rotatable bonds is 3. The van der Waals surface area contributed by atoms with Gasteiger partial charge >= 0.3 is 0 Å². The fourth-order valence-corrected chi connectivity index (χ4v) is 2.51. The lowest BCUT2D eigenvalue weighted by atomic mass is 10.0. The highest BCUT2D eigenvalue weighted by atomic mass is 79.9. The minimum absolute atomic E-state index is 0. The topological polar surface area (TPSA) is 35.5 Å². The van der Waals surface area contributed by atoms with Gasteiger partial charge in [-0.1, -0.05) is 6.07 Å². The van der Waals surface area contributed by atoms with E-state index in [0.717, 1.165) is 13.1 Å². The fraction of sp³-hybridized carbons (Fsp3) is 0.500. The average molecular weight is 394 g/mol. The molecule has 8 heteroatoms. The number of phenolic OH excluding ortho intramolecular Hbond substituents is 1. The van der Waals surface area contributed by atoms with E-state index in [4.69, 9.17) is 0 Å². The van der Waals surface area contributed by atoms with Crippen LogP contribution in [-0.2, 0) is 0 Å². The Kier molecular flexibility index (Phi) is 8.93. The second-order valence-electron chi connectivity index (χ2n) is 4.26. The highest BCUT2D eigenvalue weighted by molar-refractivity contribution is 9.10. The molecule has 116 valence electrons. The third-order valence-corrected chi connectivity index (χ3v) is 3.81. The van der Waals surface area contributed by atoms with Crippen molar-refractivity contribution in [3.05, 3.63) is 28.0 Å². The van der Waals surface area contributed by atoms with E-state index >= 15 is 0 Å². The van der Waals surface area contributed by atoms with Gasteiger partial charge in [0.2, 0.25) is 0 Å². The first-order valence-corrected chi connectivity index (χ1v) is 6.62. The van der Waals surface area contributed by atoms with Gasteiger partial charge < -0.3 is 10.4 Å². The van der Waals surface area contributed by atoms with Gasteiger partial charge in [0.25, 0.3) is 0 Å². The number of alkyl halides is 1. The average Bonchev–Trinajstić information content (AvgIpc) is 2.41. The first kappa shape index (κ1) is 19.9. The zero-order valence-corrected chi connectivity index (χ0v) is 13.8. The van der Waals surface area contributed by atoms with Crippen LogP contribution in [0.15, 0.2) is 16.6 Å². The first-order valence-electron chi connectivity index (χ1n) is 5.82. The second-order valence-corrected chi connectivity index (χ2v) is 5.11. The van der Waals surface area contributed by atoms with Crippen molar-refractivity contribution in [1.29, 1.82) is 0 Å². The number of hydrogen-bond acceptors (Lipinski definition) is 3. The molecule has 1 aromatic carbocycles. The summed E-state index contributed by atoms with van der Waals surface area (Å²) < 4.78 is 27.0. The van der Waals surface area contributed by atoms with Crippen LogP contribution in [0.3, 0.4) is 0 Å². The largest absolute Gasteiger partial charge is 0.505 e. The Morgan fingerprint density at radius 1 is 1.30 bits per heavy atom. The van der Waals surface area contributed by atoms with E-state index < -0.39 is 24.3 Å². The smallest absolute Gasteiger partial charge is 0.179 e. The summed E-state index contributed by atoms with van der Waals surface area (Å²) in [4.78, 5) is 1.92. The molecule has 1 aliphatic heterocycles. The lowest BCUT2D eigenvalue weighted by Gasteiger charge is -2.33. The van der Waals surface area contributed by atoms with Gasteiger partial charge in [-0.05, 0) is 22.0 Å². The van der Waals surface area contributed by atoms with Gasteiger partial charge in [-0.15, -0.1) is 24.8 Å². The molecule has 0 aliphatic carbocycles. The van der Waals surface area contributed by atoms with Crippen molar-refractivity contribution >= 4 is 40.7 Å². The summed E-state index contributed by atoms with van der Waals surface area (Å²) in [6.45, 7) is 2.28. The van der Waals surface area contributed by atoms with Crippen molar-refractivity contribution in [2.24, 2.45) is 0 Å². The van der Waals surface area contributed by atoms with Crippen molar-refractivity contribution in [3.63, 3.8) is 0 Å². The van der Waals surface area contributed by atoms with Gasteiger partial charge in [-0.3, -0.25) is 4.90 Å². The Hall–Kier alpha value is -0.140. The van der Waals surface area contributed by atoms with Crippen LogP contribution in [0.4, 0.5) is 8.78 Å². The van der Waals surface area contributed by atoms with E-state index in [1.54, 1.807) is 6.07 Å². The van der Waals surface area contributed by atoms with E-state index in [0.29, 0.717) is 18.7 Å². The van der Waals surface area contributed by atoms with Crippen LogP contribution >= 0.6 is 40.7 Å². The van der Waals surface area contributed by atoms with Crippen LogP contribution in [0.2, 0.25) is 0 Å². The van der Waals surface area contributed by atoms with Gasteiger partial charge in [0.1, 0.15) is 6.67 Å². The number of nitrogens with zero attached hydrogens (tertiary/aromatic N) is 1. The number of phenols is 1. The molecule has 0 saturated carbocycles. The molecule has 0 amide bonds. The van der Waals surface area contributed by atoms with Gasteiger partial charge in [-0.2, -0.15) is 0 Å². The van der Waals surface area contributed by atoms with Crippen LogP contribution in [0.1, 0.15) is 11.6 Å². The molecule has 1 fully saturated rings. The van der Waals surface area contributed by atoms with Crippen molar-refractivity contribution in [1.82, 2.24) is 10.2 Å². The van der Waals surface area contributed by atoms with Gasteiger partial charge in [0, 0.05) is 31.7 Å². The monoisotopic (exact) mass is 392 g/mol. The molecule has 1 heterocycles. The van der Waals surface area contributed by atoms with Crippen LogP contribution in [0, 0.1) is 5.82 Å². The molecule has 3 nitrogen and oxygen atoms in total. The SMILES string of the molecule is Cl.Cl.Oc1c([C@H](CF)N2CCNCC2)ccc(Br)c1F. The molecule has 0 radical (unpaired) electrons. The molecule has 0 bridgehead atoms. The molecular formula is C12H17BrCl2F2N2O. The van der Waals surface area contributed by atoms with E-state index in [9.17, 15) is 13.9 Å². The van der Waals surface area contributed by atoms with E-state index in [-0.39, 0.29) is 29.3 Å². The summed E-state index contributed by atoms with van der Waals surface area (Å²) in [6, 6.07) is 2.47. The molecule has 1 aliphatic rings. The molecule has 0 unspecified atom stereocenters. The van der Waals surface area contributed by atoms with Crippen LogP contribution in [0.25, 0.3) is 0 Å².